The fraction of sp³-hybridized carbons (Fsp3) is 0.235. The first-order valence-corrected chi connectivity index (χ1v) is 7.86. The van der Waals surface area contributed by atoms with E-state index in [2.05, 4.69) is 10.3 Å². The lowest BCUT2D eigenvalue weighted by Crippen LogP contribution is -2.29. The predicted octanol–water partition coefficient (Wildman–Crippen LogP) is 4.18. The van der Waals surface area contributed by atoms with Crippen molar-refractivity contribution in [2.75, 3.05) is 0 Å². The van der Waals surface area contributed by atoms with Gasteiger partial charge in [0.25, 0.3) is 5.72 Å². The topological polar surface area (TPSA) is 101 Å². The number of nitrogens with one attached hydrogen (secondary N) is 1. The molecule has 3 rings (SSSR count). The Morgan fingerprint density at radius 3 is 2.80 bits per heavy atom. The van der Waals surface area contributed by atoms with Gasteiger partial charge < -0.3 is 19.1 Å². The monoisotopic (exact) mass is 361 g/mol. The van der Waals surface area contributed by atoms with Crippen LogP contribution < -0.4 is 0 Å². The molecule has 1 atom stereocenters. The van der Waals surface area contributed by atoms with E-state index >= 15 is 0 Å². The van der Waals surface area contributed by atoms with Crippen molar-refractivity contribution < 1.29 is 19.1 Å². The summed E-state index contributed by atoms with van der Waals surface area (Å²) in [5.74, 6) is 0.680. The quantitative estimate of drug-likeness (QED) is 0.751. The largest absolute Gasteiger partial charge is 0.487 e. The van der Waals surface area contributed by atoms with Gasteiger partial charge in [0.2, 0.25) is 0 Å². The Balaban J connectivity index is 1.88. The summed E-state index contributed by atoms with van der Waals surface area (Å²) in [7, 11) is 0. The SMILES string of the molecule is CC1(N=N)OC=CC=C1OCc1c(-c2ccc(Cl)cc2)noc1CO. The van der Waals surface area contributed by atoms with Gasteiger partial charge in [0.15, 0.2) is 11.5 Å². The molecule has 0 aliphatic carbocycles. The van der Waals surface area contributed by atoms with Crippen molar-refractivity contribution in [2.24, 2.45) is 5.11 Å². The maximum Gasteiger partial charge on any atom is 0.271 e. The molecule has 2 N–H and O–H groups in total. The van der Waals surface area contributed by atoms with E-state index in [4.69, 9.17) is 31.1 Å². The molecule has 7 nitrogen and oxygen atoms in total. The summed E-state index contributed by atoms with van der Waals surface area (Å²) >= 11 is 5.92. The Morgan fingerprint density at radius 2 is 2.12 bits per heavy atom. The highest BCUT2D eigenvalue weighted by atomic mass is 35.5. The van der Waals surface area contributed by atoms with Gasteiger partial charge in [0.1, 0.15) is 18.9 Å². The minimum atomic E-state index is -1.22. The number of benzene rings is 1. The number of hydrogen-bond donors (Lipinski definition) is 2. The lowest BCUT2D eigenvalue weighted by atomic mass is 10.1. The van der Waals surface area contributed by atoms with Gasteiger partial charge in [-0.1, -0.05) is 28.9 Å². The zero-order valence-corrected chi connectivity index (χ0v) is 14.2. The molecule has 0 spiro atoms. The fourth-order valence-corrected chi connectivity index (χ4v) is 2.50. The molecule has 1 unspecified atom stereocenters. The van der Waals surface area contributed by atoms with E-state index in [0.717, 1.165) is 5.56 Å². The third-order valence-corrected chi connectivity index (χ3v) is 4.05. The predicted molar refractivity (Wildman–Crippen MR) is 89.5 cm³/mol. The van der Waals surface area contributed by atoms with Crippen LogP contribution in [0.15, 0.2) is 58.1 Å². The van der Waals surface area contributed by atoms with Gasteiger partial charge in [0.05, 0.1) is 11.8 Å². The molecule has 1 aliphatic rings. The van der Waals surface area contributed by atoms with Crippen LogP contribution in [-0.4, -0.2) is 16.0 Å². The zero-order chi connectivity index (χ0) is 17.9. The van der Waals surface area contributed by atoms with E-state index in [-0.39, 0.29) is 13.2 Å². The van der Waals surface area contributed by atoms with E-state index in [0.29, 0.717) is 27.8 Å². The highest BCUT2D eigenvalue weighted by Gasteiger charge is 2.33. The zero-order valence-electron chi connectivity index (χ0n) is 13.4. The molecule has 0 bridgehead atoms. The van der Waals surface area contributed by atoms with Crippen LogP contribution in [0.2, 0.25) is 5.02 Å². The van der Waals surface area contributed by atoms with Crippen LogP contribution in [0.4, 0.5) is 0 Å². The fourth-order valence-electron chi connectivity index (χ4n) is 2.38. The van der Waals surface area contributed by atoms with Crippen molar-refractivity contribution in [3.8, 4) is 11.3 Å². The first-order chi connectivity index (χ1) is 12.1. The van der Waals surface area contributed by atoms with Crippen molar-refractivity contribution in [3.05, 3.63) is 64.8 Å². The third-order valence-electron chi connectivity index (χ3n) is 3.80. The summed E-state index contributed by atoms with van der Waals surface area (Å²) < 4.78 is 16.4. The number of aromatic nitrogens is 1. The van der Waals surface area contributed by atoms with Crippen molar-refractivity contribution in [1.82, 2.24) is 5.16 Å². The number of nitrogens with zero attached hydrogens (tertiary/aromatic N) is 2. The van der Waals surface area contributed by atoms with E-state index in [1.165, 1.54) is 6.26 Å². The normalized spacial score (nSPS) is 19.2. The molecule has 0 amide bonds. The summed E-state index contributed by atoms with van der Waals surface area (Å²) in [6, 6.07) is 7.10. The molecule has 2 aromatic rings. The van der Waals surface area contributed by atoms with Crippen LogP contribution in [0.3, 0.4) is 0 Å². The molecule has 0 radical (unpaired) electrons. The Hall–Kier alpha value is -2.64. The van der Waals surface area contributed by atoms with Crippen molar-refractivity contribution in [1.29, 1.82) is 5.53 Å². The lowest BCUT2D eigenvalue weighted by molar-refractivity contribution is 0.00162. The van der Waals surface area contributed by atoms with Crippen LogP contribution >= 0.6 is 11.6 Å². The van der Waals surface area contributed by atoms with Crippen LogP contribution in [0, 0.1) is 5.53 Å². The van der Waals surface area contributed by atoms with E-state index in [1.807, 2.05) is 0 Å². The highest BCUT2D eigenvalue weighted by Crippen LogP contribution is 2.32. The minimum Gasteiger partial charge on any atom is -0.487 e. The van der Waals surface area contributed by atoms with Gasteiger partial charge >= 0.3 is 0 Å². The molecule has 130 valence electrons. The van der Waals surface area contributed by atoms with Gasteiger partial charge in [-0.2, -0.15) is 0 Å². The van der Waals surface area contributed by atoms with E-state index in [1.54, 1.807) is 43.3 Å². The first kappa shape index (κ1) is 17.2. The summed E-state index contributed by atoms with van der Waals surface area (Å²) in [5.41, 5.74) is 8.04. The number of allylic oxidation sites excluding steroid dienone is 2. The van der Waals surface area contributed by atoms with Crippen LogP contribution in [0.25, 0.3) is 11.3 Å². The van der Waals surface area contributed by atoms with E-state index in [9.17, 15) is 5.11 Å². The Labute approximate surface area is 149 Å². The van der Waals surface area contributed by atoms with Gasteiger partial charge in [-0.25, -0.2) is 5.53 Å². The molecule has 1 aromatic heterocycles. The Bertz CT molecular complexity index is 829. The molecular formula is C17H16ClN3O4. The number of aliphatic hydroxyl groups is 1. The number of rotatable bonds is 6. The van der Waals surface area contributed by atoms with E-state index < -0.39 is 5.72 Å². The summed E-state index contributed by atoms with van der Waals surface area (Å²) in [6.45, 7) is 1.39. The Morgan fingerprint density at radius 1 is 1.36 bits per heavy atom. The van der Waals surface area contributed by atoms with Crippen LogP contribution in [-0.2, 0) is 22.7 Å². The molecule has 1 aromatic carbocycles. The molecule has 1 aliphatic heterocycles. The molecule has 0 saturated heterocycles. The number of ether oxygens (including phenoxy) is 2. The summed E-state index contributed by atoms with van der Waals surface area (Å²) in [6.07, 6.45) is 4.78. The van der Waals surface area contributed by atoms with Gasteiger partial charge in [-0.05, 0) is 24.3 Å². The Kier molecular flexibility index (Phi) is 4.87. The van der Waals surface area contributed by atoms with Crippen molar-refractivity contribution >= 4 is 11.6 Å². The van der Waals surface area contributed by atoms with Gasteiger partial charge in [-0.3, -0.25) is 0 Å². The highest BCUT2D eigenvalue weighted by molar-refractivity contribution is 6.30. The van der Waals surface area contributed by atoms with Crippen LogP contribution in [0.1, 0.15) is 18.2 Å². The third kappa shape index (κ3) is 3.42. The van der Waals surface area contributed by atoms with Gasteiger partial charge in [0, 0.05) is 17.5 Å². The standard InChI is InChI=1S/C17H16ClN3O4/c1-17(21-19)15(3-2-8-24-17)23-10-13-14(9-22)25-20-16(13)11-4-6-12(18)7-5-11/h2-8,19,22H,9-10H2,1H3. The van der Waals surface area contributed by atoms with Crippen molar-refractivity contribution in [2.45, 2.75) is 25.9 Å². The maximum atomic E-state index is 9.50. The summed E-state index contributed by atoms with van der Waals surface area (Å²) in [5, 5.41) is 17.6. The second-order valence-electron chi connectivity index (χ2n) is 5.46. The second-order valence-corrected chi connectivity index (χ2v) is 5.90. The lowest BCUT2D eigenvalue weighted by Gasteiger charge is -2.27. The molecular weight excluding hydrogens is 346 g/mol. The number of aliphatic hydroxyl groups excluding tert-OH is 1. The van der Waals surface area contributed by atoms with Crippen LogP contribution in [0.5, 0.6) is 0 Å². The molecule has 0 saturated carbocycles. The second kappa shape index (κ2) is 7.08. The molecule has 2 heterocycles. The number of halogens is 1. The van der Waals surface area contributed by atoms with Crippen molar-refractivity contribution in [3.63, 3.8) is 0 Å². The number of hydrogen-bond acceptors (Lipinski definition) is 7. The molecule has 0 fully saturated rings. The minimum absolute atomic E-state index is 0.0749. The summed E-state index contributed by atoms with van der Waals surface area (Å²) in [4.78, 5) is 0. The maximum absolute atomic E-state index is 9.50. The first-order valence-electron chi connectivity index (χ1n) is 7.48. The average molecular weight is 362 g/mol. The van der Waals surface area contributed by atoms with Gasteiger partial charge in [-0.15, -0.1) is 5.11 Å². The smallest absolute Gasteiger partial charge is 0.271 e. The average Bonchev–Trinajstić information content (AvgIpc) is 3.04. The molecule has 8 heteroatoms. The molecule has 25 heavy (non-hydrogen) atoms.